The molecule has 31 heavy (non-hydrogen) atoms. The molecule has 0 aromatic heterocycles. The number of ether oxygens (including phenoxy) is 2. The van der Waals surface area contributed by atoms with Gasteiger partial charge >= 0.3 is 0 Å². The van der Waals surface area contributed by atoms with Crippen molar-refractivity contribution in [3.05, 3.63) is 64.2 Å². The zero-order valence-corrected chi connectivity index (χ0v) is 17.5. The SMILES string of the molecule is O=C(Cc1ccccc1[N+](=O)[O-])NCCOc1ccc(S(=O)(=O)N2CCOCC2)cc1. The zero-order chi connectivity index (χ0) is 22.3. The Morgan fingerprint density at radius 3 is 2.48 bits per heavy atom. The van der Waals surface area contributed by atoms with Crippen LogP contribution in [0.5, 0.6) is 5.75 Å². The van der Waals surface area contributed by atoms with Crippen molar-refractivity contribution in [2.75, 3.05) is 39.5 Å². The Bertz CT molecular complexity index is 1020. The molecule has 1 aliphatic heterocycles. The van der Waals surface area contributed by atoms with E-state index < -0.39 is 14.9 Å². The van der Waals surface area contributed by atoms with Gasteiger partial charge < -0.3 is 14.8 Å². The lowest BCUT2D eigenvalue weighted by Crippen LogP contribution is -2.40. The van der Waals surface area contributed by atoms with E-state index in [9.17, 15) is 23.3 Å². The number of benzene rings is 2. The molecule has 1 amide bonds. The average Bonchev–Trinajstić information content (AvgIpc) is 2.78. The second-order valence-corrected chi connectivity index (χ2v) is 8.69. The summed E-state index contributed by atoms with van der Waals surface area (Å²) in [6.07, 6.45) is -0.106. The maximum Gasteiger partial charge on any atom is 0.273 e. The normalized spacial score (nSPS) is 14.7. The molecule has 0 atom stereocenters. The van der Waals surface area contributed by atoms with Crippen molar-refractivity contribution in [1.82, 2.24) is 9.62 Å². The van der Waals surface area contributed by atoms with Crippen LogP contribution < -0.4 is 10.1 Å². The van der Waals surface area contributed by atoms with E-state index in [1.54, 1.807) is 30.3 Å². The van der Waals surface area contributed by atoms with Crippen LogP contribution in [0.4, 0.5) is 5.69 Å². The number of carbonyl (C=O) groups is 1. The molecule has 1 aliphatic rings. The third kappa shape index (κ3) is 6.00. The largest absolute Gasteiger partial charge is 0.492 e. The van der Waals surface area contributed by atoms with Gasteiger partial charge in [0.2, 0.25) is 15.9 Å². The van der Waals surface area contributed by atoms with Crippen molar-refractivity contribution in [3.8, 4) is 5.75 Å². The molecule has 1 N–H and O–H groups in total. The van der Waals surface area contributed by atoms with Crippen LogP contribution in [0.25, 0.3) is 0 Å². The number of amides is 1. The van der Waals surface area contributed by atoms with Crippen LogP contribution in [-0.2, 0) is 26.0 Å². The first-order valence-corrected chi connectivity index (χ1v) is 11.1. The monoisotopic (exact) mass is 449 g/mol. The summed E-state index contributed by atoms with van der Waals surface area (Å²) in [5, 5.41) is 13.6. The number of nitro benzene ring substituents is 1. The number of carbonyl (C=O) groups excluding carboxylic acids is 1. The van der Waals surface area contributed by atoms with Crippen LogP contribution >= 0.6 is 0 Å². The maximum absolute atomic E-state index is 12.6. The minimum absolute atomic E-state index is 0.0963. The predicted molar refractivity (Wildman–Crippen MR) is 111 cm³/mol. The molecule has 0 radical (unpaired) electrons. The number of para-hydroxylation sites is 1. The van der Waals surface area contributed by atoms with Crippen LogP contribution in [0.3, 0.4) is 0 Å². The van der Waals surface area contributed by atoms with E-state index in [0.29, 0.717) is 37.6 Å². The van der Waals surface area contributed by atoms with Gasteiger partial charge in [0, 0.05) is 24.7 Å². The summed E-state index contributed by atoms with van der Waals surface area (Å²) in [6, 6.07) is 12.2. The summed E-state index contributed by atoms with van der Waals surface area (Å²) in [6.45, 7) is 1.78. The number of nitrogens with one attached hydrogen (secondary N) is 1. The lowest BCUT2D eigenvalue weighted by atomic mass is 10.1. The van der Waals surface area contributed by atoms with Gasteiger partial charge in [-0.15, -0.1) is 0 Å². The molecular formula is C20H23N3O7S. The third-order valence-electron chi connectivity index (χ3n) is 4.66. The lowest BCUT2D eigenvalue weighted by Gasteiger charge is -2.26. The van der Waals surface area contributed by atoms with Crippen molar-refractivity contribution in [1.29, 1.82) is 0 Å². The van der Waals surface area contributed by atoms with Gasteiger partial charge in [0.15, 0.2) is 0 Å². The molecule has 1 fully saturated rings. The van der Waals surface area contributed by atoms with Gasteiger partial charge in [0.05, 0.1) is 36.0 Å². The van der Waals surface area contributed by atoms with E-state index in [4.69, 9.17) is 9.47 Å². The quantitative estimate of drug-likeness (QED) is 0.348. The number of nitrogens with zero attached hydrogens (tertiary/aromatic N) is 2. The number of hydrogen-bond acceptors (Lipinski definition) is 7. The highest BCUT2D eigenvalue weighted by Crippen LogP contribution is 2.20. The highest BCUT2D eigenvalue weighted by atomic mass is 32.2. The van der Waals surface area contributed by atoms with Crippen LogP contribution in [-0.4, -0.2) is 63.0 Å². The van der Waals surface area contributed by atoms with E-state index in [0.717, 1.165) is 0 Å². The topological polar surface area (TPSA) is 128 Å². The van der Waals surface area contributed by atoms with Crippen molar-refractivity contribution < 1.29 is 27.6 Å². The van der Waals surface area contributed by atoms with Gasteiger partial charge in [0.25, 0.3) is 5.69 Å². The lowest BCUT2D eigenvalue weighted by molar-refractivity contribution is -0.385. The number of morpholine rings is 1. The second kappa shape index (κ2) is 10.3. The number of hydrogen-bond donors (Lipinski definition) is 1. The van der Waals surface area contributed by atoms with Crippen LogP contribution in [0.1, 0.15) is 5.56 Å². The van der Waals surface area contributed by atoms with Crippen molar-refractivity contribution in [2.45, 2.75) is 11.3 Å². The van der Waals surface area contributed by atoms with Gasteiger partial charge in [-0.25, -0.2) is 8.42 Å². The molecule has 11 heteroatoms. The molecular weight excluding hydrogens is 426 g/mol. The molecule has 0 aliphatic carbocycles. The predicted octanol–water partition coefficient (Wildman–Crippen LogP) is 1.35. The van der Waals surface area contributed by atoms with Crippen LogP contribution in [0.15, 0.2) is 53.4 Å². The molecule has 1 saturated heterocycles. The molecule has 0 bridgehead atoms. The van der Waals surface area contributed by atoms with E-state index in [2.05, 4.69) is 5.32 Å². The highest BCUT2D eigenvalue weighted by Gasteiger charge is 2.26. The average molecular weight is 449 g/mol. The molecule has 10 nitrogen and oxygen atoms in total. The second-order valence-electron chi connectivity index (χ2n) is 6.75. The highest BCUT2D eigenvalue weighted by molar-refractivity contribution is 7.89. The standard InChI is InChI=1S/C20H23N3O7S/c24-20(15-16-3-1-2-4-19(16)23(25)26)21-9-12-30-17-5-7-18(8-6-17)31(27,28)22-10-13-29-14-11-22/h1-8H,9-15H2,(H,21,24). The summed E-state index contributed by atoms with van der Waals surface area (Å²) in [5.74, 6) is 0.110. The summed E-state index contributed by atoms with van der Waals surface area (Å²) in [7, 11) is -3.56. The Balaban J connectivity index is 1.46. The van der Waals surface area contributed by atoms with Crippen molar-refractivity contribution >= 4 is 21.6 Å². The Hall–Kier alpha value is -3.02. The molecule has 0 spiro atoms. The van der Waals surface area contributed by atoms with Crippen molar-refractivity contribution in [3.63, 3.8) is 0 Å². The molecule has 2 aromatic rings. The van der Waals surface area contributed by atoms with E-state index in [1.807, 2.05) is 0 Å². The van der Waals surface area contributed by atoms with E-state index in [-0.39, 0.29) is 36.1 Å². The maximum atomic E-state index is 12.6. The van der Waals surface area contributed by atoms with Crippen LogP contribution in [0.2, 0.25) is 0 Å². The molecule has 0 saturated carbocycles. The number of sulfonamides is 1. The Kier molecular flexibility index (Phi) is 7.55. The third-order valence-corrected chi connectivity index (χ3v) is 6.58. The molecule has 166 valence electrons. The first-order chi connectivity index (χ1) is 14.9. The van der Waals surface area contributed by atoms with Gasteiger partial charge in [-0.1, -0.05) is 18.2 Å². The summed E-state index contributed by atoms with van der Waals surface area (Å²) in [4.78, 5) is 22.7. The Morgan fingerprint density at radius 2 is 1.81 bits per heavy atom. The van der Waals surface area contributed by atoms with Gasteiger partial charge in [0.1, 0.15) is 12.4 Å². The first-order valence-electron chi connectivity index (χ1n) is 9.67. The molecule has 0 unspecified atom stereocenters. The summed E-state index contributed by atoms with van der Waals surface area (Å²) < 4.78 is 37.3. The molecule has 1 heterocycles. The molecule has 2 aromatic carbocycles. The minimum atomic E-state index is -3.56. The van der Waals surface area contributed by atoms with E-state index >= 15 is 0 Å². The fourth-order valence-electron chi connectivity index (χ4n) is 3.08. The summed E-state index contributed by atoms with van der Waals surface area (Å²) in [5.41, 5.74) is 0.240. The Morgan fingerprint density at radius 1 is 1.13 bits per heavy atom. The summed E-state index contributed by atoms with van der Waals surface area (Å²) >= 11 is 0. The van der Waals surface area contributed by atoms with Gasteiger partial charge in [-0.3, -0.25) is 14.9 Å². The Labute approximate surface area is 180 Å². The minimum Gasteiger partial charge on any atom is -0.492 e. The molecule has 3 rings (SSSR count). The number of nitro groups is 1. The fourth-order valence-corrected chi connectivity index (χ4v) is 4.49. The number of rotatable bonds is 9. The first kappa shape index (κ1) is 22.7. The van der Waals surface area contributed by atoms with Crippen molar-refractivity contribution in [2.24, 2.45) is 0 Å². The fraction of sp³-hybridized carbons (Fsp3) is 0.350. The zero-order valence-electron chi connectivity index (χ0n) is 16.7. The van der Waals surface area contributed by atoms with Gasteiger partial charge in [-0.05, 0) is 24.3 Å². The smallest absolute Gasteiger partial charge is 0.273 e. The van der Waals surface area contributed by atoms with Crippen LogP contribution in [0, 0.1) is 10.1 Å². The van der Waals surface area contributed by atoms with Gasteiger partial charge in [-0.2, -0.15) is 4.31 Å². The van der Waals surface area contributed by atoms with E-state index in [1.165, 1.54) is 22.5 Å².